The number of amides is 1. The van der Waals surface area contributed by atoms with Crippen molar-refractivity contribution >= 4 is 41.7 Å². The minimum absolute atomic E-state index is 0.148. The van der Waals surface area contributed by atoms with Gasteiger partial charge in [0, 0.05) is 22.8 Å². The molecule has 25 heavy (non-hydrogen) atoms. The number of carbonyl (C=O) groups excluding carboxylic acids is 1. The van der Waals surface area contributed by atoms with Crippen LogP contribution < -0.4 is 10.2 Å². The number of thiol groups is 1. The van der Waals surface area contributed by atoms with E-state index in [-0.39, 0.29) is 18.1 Å². The lowest BCUT2D eigenvalue weighted by atomic mass is 10.1. The van der Waals surface area contributed by atoms with E-state index in [4.69, 9.17) is 0 Å². The van der Waals surface area contributed by atoms with Crippen LogP contribution in [0.5, 0.6) is 0 Å². The molecule has 2 aromatic carbocycles. The Morgan fingerprint density at radius 2 is 1.92 bits per heavy atom. The topological polar surface area (TPSA) is 58.1 Å². The van der Waals surface area contributed by atoms with Crippen molar-refractivity contribution in [2.45, 2.75) is 11.3 Å². The van der Waals surface area contributed by atoms with E-state index < -0.39 is 0 Å². The zero-order valence-corrected chi connectivity index (χ0v) is 13.9. The fraction of sp³-hybridized carbons (Fsp3) is 0.0556. The molecule has 1 aromatic heterocycles. The summed E-state index contributed by atoms with van der Waals surface area (Å²) in [6, 6.07) is 13.4. The molecule has 0 radical (unpaired) electrons. The smallest absolute Gasteiger partial charge is 0.237 e. The number of anilines is 4. The van der Waals surface area contributed by atoms with Crippen LogP contribution in [0.2, 0.25) is 0 Å². The minimum atomic E-state index is -0.355. The quantitative estimate of drug-likeness (QED) is 0.703. The summed E-state index contributed by atoms with van der Waals surface area (Å²) in [5.41, 5.74) is 2.11. The van der Waals surface area contributed by atoms with E-state index in [1.807, 2.05) is 24.3 Å². The van der Waals surface area contributed by atoms with Crippen molar-refractivity contribution in [3.05, 3.63) is 66.1 Å². The van der Waals surface area contributed by atoms with Crippen LogP contribution in [0.25, 0.3) is 0 Å². The van der Waals surface area contributed by atoms with Gasteiger partial charge in [0.25, 0.3) is 0 Å². The molecule has 1 amide bonds. The van der Waals surface area contributed by atoms with Crippen LogP contribution >= 0.6 is 12.6 Å². The van der Waals surface area contributed by atoms with Crippen LogP contribution in [0.1, 0.15) is 5.56 Å². The molecule has 0 fully saturated rings. The van der Waals surface area contributed by atoms with Gasteiger partial charge in [-0.1, -0.05) is 0 Å². The Labute approximate surface area is 149 Å². The zero-order chi connectivity index (χ0) is 17.4. The molecule has 0 bridgehead atoms. The van der Waals surface area contributed by atoms with Gasteiger partial charge >= 0.3 is 0 Å². The number of hydrogen-bond donors (Lipinski definition) is 2. The Balaban J connectivity index is 1.66. The molecule has 3 aromatic rings. The first-order valence-electron chi connectivity index (χ1n) is 7.61. The lowest BCUT2D eigenvalue weighted by molar-refractivity contribution is -0.116. The van der Waals surface area contributed by atoms with Crippen LogP contribution in [-0.4, -0.2) is 15.9 Å². The molecule has 1 aliphatic heterocycles. The molecule has 0 saturated carbocycles. The van der Waals surface area contributed by atoms with E-state index in [9.17, 15) is 9.18 Å². The van der Waals surface area contributed by atoms with Gasteiger partial charge in [0.1, 0.15) is 11.6 Å². The van der Waals surface area contributed by atoms with Gasteiger partial charge in [0.15, 0.2) is 0 Å². The van der Waals surface area contributed by atoms with Crippen molar-refractivity contribution in [3.63, 3.8) is 0 Å². The van der Waals surface area contributed by atoms with Crippen LogP contribution in [0.3, 0.4) is 0 Å². The van der Waals surface area contributed by atoms with Gasteiger partial charge in [-0.05, 0) is 48.0 Å². The number of hydrogen-bond acceptors (Lipinski definition) is 5. The number of aromatic nitrogens is 2. The standard InChI is InChI=1S/C18H13FN4OS/c19-12-1-6-15-11(9-12)10-17(24)23(15)16-7-8-20-18(22-16)21-13-2-4-14(25)5-3-13/h1-9,25H,10H2,(H,20,21,22). The summed E-state index contributed by atoms with van der Waals surface area (Å²) in [6.07, 6.45) is 1.73. The van der Waals surface area contributed by atoms with Crippen molar-refractivity contribution in [3.8, 4) is 0 Å². The molecule has 7 heteroatoms. The first-order chi connectivity index (χ1) is 12.1. The van der Waals surface area contributed by atoms with E-state index in [1.54, 1.807) is 18.3 Å². The summed E-state index contributed by atoms with van der Waals surface area (Å²) in [5, 5.41) is 3.09. The highest BCUT2D eigenvalue weighted by atomic mass is 32.1. The van der Waals surface area contributed by atoms with E-state index in [0.717, 1.165) is 10.6 Å². The largest absolute Gasteiger partial charge is 0.324 e. The first kappa shape index (κ1) is 15.6. The lowest BCUT2D eigenvalue weighted by Crippen LogP contribution is -2.22. The molecule has 0 atom stereocenters. The Hall–Kier alpha value is -2.93. The third-order valence-corrected chi connectivity index (χ3v) is 4.17. The highest BCUT2D eigenvalue weighted by Crippen LogP contribution is 2.35. The summed E-state index contributed by atoms with van der Waals surface area (Å²) in [7, 11) is 0. The average Bonchev–Trinajstić information content (AvgIpc) is 2.92. The molecular weight excluding hydrogens is 339 g/mol. The fourth-order valence-corrected chi connectivity index (χ4v) is 2.90. The van der Waals surface area contributed by atoms with Gasteiger partial charge in [-0.2, -0.15) is 4.98 Å². The van der Waals surface area contributed by atoms with Gasteiger partial charge < -0.3 is 5.32 Å². The molecule has 0 aliphatic carbocycles. The number of nitrogens with one attached hydrogen (secondary N) is 1. The summed E-state index contributed by atoms with van der Waals surface area (Å²) in [6.45, 7) is 0. The van der Waals surface area contributed by atoms with Crippen LogP contribution in [0.4, 0.5) is 27.5 Å². The van der Waals surface area contributed by atoms with Gasteiger partial charge in [-0.3, -0.25) is 9.69 Å². The van der Waals surface area contributed by atoms with Crippen molar-refractivity contribution in [1.82, 2.24) is 9.97 Å². The summed E-state index contributed by atoms with van der Waals surface area (Å²) >= 11 is 4.25. The molecule has 2 heterocycles. The first-order valence-corrected chi connectivity index (χ1v) is 8.05. The van der Waals surface area contributed by atoms with Crippen LogP contribution in [-0.2, 0) is 11.2 Å². The Morgan fingerprint density at radius 1 is 1.12 bits per heavy atom. The molecule has 1 aliphatic rings. The van der Waals surface area contributed by atoms with E-state index in [1.165, 1.54) is 17.0 Å². The van der Waals surface area contributed by atoms with Crippen molar-refractivity contribution in [1.29, 1.82) is 0 Å². The molecule has 124 valence electrons. The SMILES string of the molecule is O=C1Cc2cc(F)ccc2N1c1ccnc(Nc2ccc(S)cc2)n1. The Bertz CT molecular complexity index is 962. The maximum absolute atomic E-state index is 13.4. The van der Waals surface area contributed by atoms with Gasteiger partial charge in [-0.15, -0.1) is 12.6 Å². The molecule has 0 saturated heterocycles. The molecular formula is C18H13FN4OS. The van der Waals surface area contributed by atoms with Crippen molar-refractivity contribution < 1.29 is 9.18 Å². The van der Waals surface area contributed by atoms with Crippen LogP contribution in [0, 0.1) is 5.82 Å². The summed E-state index contributed by atoms with van der Waals surface area (Å²) in [4.78, 5) is 23.3. The highest BCUT2D eigenvalue weighted by Gasteiger charge is 2.30. The summed E-state index contributed by atoms with van der Waals surface area (Å²) < 4.78 is 13.4. The number of fused-ring (bicyclic) bond motifs is 1. The monoisotopic (exact) mass is 352 g/mol. The number of halogens is 1. The predicted octanol–water partition coefficient (Wildman–Crippen LogP) is 3.87. The number of carbonyl (C=O) groups is 1. The molecule has 4 rings (SSSR count). The van der Waals surface area contributed by atoms with E-state index in [0.29, 0.717) is 23.0 Å². The second-order valence-corrected chi connectivity index (χ2v) is 6.11. The molecule has 0 spiro atoms. The number of benzene rings is 2. The molecule has 0 unspecified atom stereocenters. The van der Waals surface area contributed by atoms with Gasteiger partial charge in [0.05, 0.1) is 12.1 Å². The third-order valence-electron chi connectivity index (χ3n) is 3.87. The third kappa shape index (κ3) is 3.06. The average molecular weight is 352 g/mol. The van der Waals surface area contributed by atoms with Crippen molar-refractivity contribution in [2.24, 2.45) is 0 Å². The zero-order valence-electron chi connectivity index (χ0n) is 13.0. The number of rotatable bonds is 3. The molecule has 5 nitrogen and oxygen atoms in total. The van der Waals surface area contributed by atoms with E-state index >= 15 is 0 Å². The molecule has 1 N–H and O–H groups in total. The lowest BCUT2D eigenvalue weighted by Gasteiger charge is -2.17. The highest BCUT2D eigenvalue weighted by molar-refractivity contribution is 7.80. The fourth-order valence-electron chi connectivity index (χ4n) is 2.75. The van der Waals surface area contributed by atoms with Crippen LogP contribution in [0.15, 0.2) is 59.6 Å². The van der Waals surface area contributed by atoms with E-state index in [2.05, 4.69) is 27.9 Å². The Kier molecular flexibility index (Phi) is 3.85. The second kappa shape index (κ2) is 6.18. The van der Waals surface area contributed by atoms with Gasteiger partial charge in [0.2, 0.25) is 11.9 Å². The number of nitrogens with zero attached hydrogens (tertiary/aromatic N) is 3. The maximum atomic E-state index is 13.4. The summed E-state index contributed by atoms with van der Waals surface area (Å²) in [5.74, 6) is 0.308. The Morgan fingerprint density at radius 3 is 2.72 bits per heavy atom. The predicted molar refractivity (Wildman–Crippen MR) is 96.3 cm³/mol. The van der Waals surface area contributed by atoms with Crippen molar-refractivity contribution in [2.75, 3.05) is 10.2 Å². The van der Waals surface area contributed by atoms with Gasteiger partial charge in [-0.25, -0.2) is 9.37 Å². The minimum Gasteiger partial charge on any atom is -0.324 e. The normalized spacial score (nSPS) is 13.0. The second-order valence-electron chi connectivity index (χ2n) is 5.59. The maximum Gasteiger partial charge on any atom is 0.237 e.